The van der Waals surface area contributed by atoms with Crippen LogP contribution in [0.2, 0.25) is 0 Å². The van der Waals surface area contributed by atoms with E-state index >= 15 is 0 Å². The number of piperazine rings is 1. The molecule has 1 saturated heterocycles. The van der Waals surface area contributed by atoms with E-state index in [4.69, 9.17) is 0 Å². The molecule has 0 bridgehead atoms. The Morgan fingerprint density at radius 1 is 0.968 bits per heavy atom. The number of aryl methyl sites for hydroxylation is 1. The van der Waals surface area contributed by atoms with Crippen molar-refractivity contribution in [1.29, 1.82) is 0 Å². The van der Waals surface area contributed by atoms with E-state index in [1.807, 2.05) is 49.4 Å². The largest absolute Gasteiger partial charge is 0.338 e. The monoisotopic (exact) mass is 440 g/mol. The number of carbonyl (C=O) groups is 1. The van der Waals surface area contributed by atoms with Crippen LogP contribution in [0.3, 0.4) is 0 Å². The Labute approximate surface area is 181 Å². The standard InChI is InChI=1S/C21H24N6O3S/c1-17-7-9-19(10-8-17)21-22-24-27(23-21)15-20(28)25-11-13-26(14-12-25)31(29,30)16-18-5-3-2-4-6-18/h2-10H,11-16H2,1H3. The van der Waals surface area contributed by atoms with Gasteiger partial charge in [-0.15, -0.1) is 10.2 Å². The lowest BCUT2D eigenvalue weighted by atomic mass is 10.1. The van der Waals surface area contributed by atoms with Crippen molar-refractivity contribution >= 4 is 15.9 Å². The Bertz CT molecular complexity index is 1140. The second-order valence-electron chi connectivity index (χ2n) is 7.53. The van der Waals surface area contributed by atoms with Gasteiger partial charge in [-0.05, 0) is 17.7 Å². The van der Waals surface area contributed by atoms with Gasteiger partial charge in [0.05, 0.1) is 5.75 Å². The van der Waals surface area contributed by atoms with Crippen LogP contribution in [0.25, 0.3) is 11.4 Å². The zero-order chi connectivity index (χ0) is 21.8. The van der Waals surface area contributed by atoms with Crippen molar-refractivity contribution in [2.45, 2.75) is 19.2 Å². The maximum atomic E-state index is 12.7. The summed E-state index contributed by atoms with van der Waals surface area (Å²) < 4.78 is 26.8. The first-order valence-electron chi connectivity index (χ1n) is 10.0. The molecule has 0 atom stereocenters. The molecule has 1 aliphatic heterocycles. The second kappa shape index (κ2) is 8.94. The summed E-state index contributed by atoms with van der Waals surface area (Å²) in [5, 5.41) is 12.3. The zero-order valence-electron chi connectivity index (χ0n) is 17.3. The molecule has 31 heavy (non-hydrogen) atoms. The van der Waals surface area contributed by atoms with E-state index in [0.717, 1.165) is 16.7 Å². The van der Waals surface area contributed by atoms with E-state index in [1.165, 1.54) is 9.10 Å². The molecular weight excluding hydrogens is 416 g/mol. The van der Waals surface area contributed by atoms with Gasteiger partial charge in [0.15, 0.2) is 0 Å². The highest BCUT2D eigenvalue weighted by Gasteiger charge is 2.29. The van der Waals surface area contributed by atoms with Crippen LogP contribution in [0.4, 0.5) is 0 Å². The maximum Gasteiger partial charge on any atom is 0.246 e. The smallest absolute Gasteiger partial charge is 0.246 e. The van der Waals surface area contributed by atoms with Crippen molar-refractivity contribution in [2.24, 2.45) is 0 Å². The molecule has 0 aliphatic carbocycles. The van der Waals surface area contributed by atoms with Crippen LogP contribution in [0.15, 0.2) is 54.6 Å². The van der Waals surface area contributed by atoms with Gasteiger partial charge in [-0.2, -0.15) is 9.10 Å². The number of nitrogens with zero attached hydrogens (tertiary/aromatic N) is 6. The lowest BCUT2D eigenvalue weighted by molar-refractivity contribution is -0.133. The highest BCUT2D eigenvalue weighted by Crippen LogP contribution is 2.15. The molecule has 1 aliphatic rings. The molecule has 4 rings (SSSR count). The van der Waals surface area contributed by atoms with E-state index in [0.29, 0.717) is 18.9 Å². The number of sulfonamides is 1. The van der Waals surface area contributed by atoms with Crippen molar-refractivity contribution in [3.63, 3.8) is 0 Å². The first-order valence-corrected chi connectivity index (χ1v) is 11.7. The Balaban J connectivity index is 1.32. The SMILES string of the molecule is Cc1ccc(-c2nnn(CC(=O)N3CCN(S(=O)(=O)Cc4ccccc4)CC3)n2)cc1. The molecular formula is C21H24N6O3S. The fourth-order valence-electron chi connectivity index (χ4n) is 3.44. The molecule has 1 fully saturated rings. The number of carbonyl (C=O) groups excluding carboxylic acids is 1. The molecule has 0 spiro atoms. The van der Waals surface area contributed by atoms with Gasteiger partial charge >= 0.3 is 0 Å². The van der Waals surface area contributed by atoms with Crippen molar-refractivity contribution < 1.29 is 13.2 Å². The minimum atomic E-state index is -3.42. The molecule has 162 valence electrons. The van der Waals surface area contributed by atoms with Gasteiger partial charge in [0.25, 0.3) is 0 Å². The van der Waals surface area contributed by atoms with Crippen LogP contribution >= 0.6 is 0 Å². The van der Waals surface area contributed by atoms with Gasteiger partial charge in [0.1, 0.15) is 6.54 Å². The summed E-state index contributed by atoms with van der Waals surface area (Å²) in [4.78, 5) is 15.6. The van der Waals surface area contributed by atoms with Gasteiger partial charge in [0, 0.05) is 31.7 Å². The predicted octanol–water partition coefficient (Wildman–Crippen LogP) is 1.32. The fraction of sp³-hybridized carbons (Fsp3) is 0.333. The molecule has 2 aromatic carbocycles. The summed E-state index contributed by atoms with van der Waals surface area (Å²) in [6.45, 7) is 3.20. The topological polar surface area (TPSA) is 101 Å². The highest BCUT2D eigenvalue weighted by atomic mass is 32.2. The van der Waals surface area contributed by atoms with E-state index in [1.54, 1.807) is 17.0 Å². The summed E-state index contributed by atoms with van der Waals surface area (Å²) in [5.74, 6) is 0.268. The van der Waals surface area contributed by atoms with E-state index in [2.05, 4.69) is 15.4 Å². The van der Waals surface area contributed by atoms with Crippen molar-refractivity contribution in [2.75, 3.05) is 26.2 Å². The number of hydrogen-bond donors (Lipinski definition) is 0. The Kier molecular flexibility index (Phi) is 6.10. The number of rotatable bonds is 6. The van der Waals surface area contributed by atoms with E-state index in [-0.39, 0.29) is 31.3 Å². The van der Waals surface area contributed by atoms with Gasteiger partial charge < -0.3 is 4.90 Å². The summed E-state index contributed by atoms with van der Waals surface area (Å²) in [6.07, 6.45) is 0. The van der Waals surface area contributed by atoms with Crippen LogP contribution in [0.1, 0.15) is 11.1 Å². The Morgan fingerprint density at radius 2 is 1.65 bits per heavy atom. The van der Waals surface area contributed by atoms with Crippen LogP contribution in [0, 0.1) is 6.92 Å². The molecule has 2 heterocycles. The van der Waals surface area contributed by atoms with Crippen molar-refractivity contribution in [3.8, 4) is 11.4 Å². The summed E-state index contributed by atoms with van der Waals surface area (Å²) >= 11 is 0. The molecule has 0 saturated carbocycles. The molecule has 3 aromatic rings. The lowest BCUT2D eigenvalue weighted by Crippen LogP contribution is -2.51. The molecule has 0 radical (unpaired) electrons. The minimum Gasteiger partial charge on any atom is -0.338 e. The summed E-state index contributed by atoms with van der Waals surface area (Å²) in [6, 6.07) is 16.9. The Morgan fingerprint density at radius 3 is 2.32 bits per heavy atom. The maximum absolute atomic E-state index is 12.7. The predicted molar refractivity (Wildman–Crippen MR) is 115 cm³/mol. The molecule has 0 unspecified atom stereocenters. The molecule has 1 aromatic heterocycles. The summed E-state index contributed by atoms with van der Waals surface area (Å²) in [7, 11) is -3.42. The quantitative estimate of drug-likeness (QED) is 0.573. The molecule has 1 amide bonds. The molecule has 0 N–H and O–H groups in total. The zero-order valence-corrected chi connectivity index (χ0v) is 18.1. The number of hydrogen-bond acceptors (Lipinski definition) is 6. The molecule has 9 nitrogen and oxygen atoms in total. The van der Waals surface area contributed by atoms with Gasteiger partial charge in [-0.25, -0.2) is 8.42 Å². The number of benzene rings is 2. The third-order valence-electron chi connectivity index (χ3n) is 5.22. The van der Waals surface area contributed by atoms with Gasteiger partial charge in [-0.3, -0.25) is 4.79 Å². The van der Waals surface area contributed by atoms with Gasteiger partial charge in [-0.1, -0.05) is 60.2 Å². The van der Waals surface area contributed by atoms with Gasteiger partial charge in [0.2, 0.25) is 21.8 Å². The summed E-state index contributed by atoms with van der Waals surface area (Å²) in [5.41, 5.74) is 2.72. The van der Waals surface area contributed by atoms with E-state index < -0.39 is 10.0 Å². The van der Waals surface area contributed by atoms with Crippen LogP contribution < -0.4 is 0 Å². The first kappa shape index (κ1) is 21.1. The Hall–Kier alpha value is -3.11. The first-order chi connectivity index (χ1) is 14.9. The van der Waals surface area contributed by atoms with Crippen LogP contribution in [-0.4, -0.2) is 69.9 Å². The number of amides is 1. The van der Waals surface area contributed by atoms with Crippen molar-refractivity contribution in [3.05, 3.63) is 65.7 Å². The second-order valence-corrected chi connectivity index (χ2v) is 9.50. The minimum absolute atomic E-state index is 0.0321. The van der Waals surface area contributed by atoms with E-state index in [9.17, 15) is 13.2 Å². The van der Waals surface area contributed by atoms with Crippen LogP contribution in [0.5, 0.6) is 0 Å². The molecule has 10 heteroatoms. The normalized spacial score (nSPS) is 15.2. The number of tetrazole rings is 1. The average molecular weight is 441 g/mol. The highest BCUT2D eigenvalue weighted by molar-refractivity contribution is 7.88. The number of aromatic nitrogens is 4. The van der Waals surface area contributed by atoms with Crippen molar-refractivity contribution in [1.82, 2.24) is 29.4 Å². The van der Waals surface area contributed by atoms with Crippen LogP contribution in [-0.2, 0) is 27.1 Å². The average Bonchev–Trinajstić information content (AvgIpc) is 3.23. The third kappa shape index (κ3) is 5.15. The lowest BCUT2D eigenvalue weighted by Gasteiger charge is -2.33. The third-order valence-corrected chi connectivity index (χ3v) is 7.07. The fourth-order valence-corrected chi connectivity index (χ4v) is 4.96.